The van der Waals surface area contributed by atoms with Crippen molar-refractivity contribution < 1.29 is 18.7 Å². The highest BCUT2D eigenvalue weighted by Crippen LogP contribution is 2.24. The number of amides is 1. The zero-order chi connectivity index (χ0) is 18.5. The summed E-state index contributed by atoms with van der Waals surface area (Å²) in [7, 11) is 1.19. The van der Waals surface area contributed by atoms with Crippen LogP contribution < -0.4 is 5.32 Å². The van der Waals surface area contributed by atoms with Crippen molar-refractivity contribution in [1.29, 1.82) is 0 Å². The lowest BCUT2D eigenvalue weighted by molar-refractivity contribution is -0.115. The second kappa shape index (κ2) is 7.88. The minimum absolute atomic E-state index is 0.0379. The number of hydrogen-bond donors (Lipinski definition) is 1. The first-order valence-corrected chi connectivity index (χ1v) is 8.62. The Hall–Kier alpha value is -3.06. The molecule has 0 aliphatic carbocycles. The normalized spacial score (nSPS) is 10.4. The fourth-order valence-electron chi connectivity index (χ4n) is 2.36. The summed E-state index contributed by atoms with van der Waals surface area (Å²) >= 11 is 1.45. The van der Waals surface area contributed by atoms with E-state index in [9.17, 15) is 14.0 Å². The van der Waals surface area contributed by atoms with Crippen LogP contribution in [0.4, 0.5) is 10.1 Å². The lowest BCUT2D eigenvalue weighted by Crippen LogP contribution is -2.17. The van der Waals surface area contributed by atoms with Crippen LogP contribution in [0.5, 0.6) is 0 Å². The maximum atomic E-state index is 13.4. The maximum absolute atomic E-state index is 13.4. The molecule has 0 radical (unpaired) electrons. The van der Waals surface area contributed by atoms with Crippen LogP contribution in [0.3, 0.4) is 0 Å². The lowest BCUT2D eigenvalue weighted by Gasteiger charge is -2.09. The van der Waals surface area contributed by atoms with Crippen LogP contribution >= 0.6 is 11.3 Å². The molecule has 1 amide bonds. The zero-order valence-corrected chi connectivity index (χ0v) is 14.7. The summed E-state index contributed by atoms with van der Waals surface area (Å²) in [5.41, 5.74) is 1.76. The van der Waals surface area contributed by atoms with Gasteiger partial charge in [0.2, 0.25) is 5.91 Å². The molecule has 0 spiro atoms. The van der Waals surface area contributed by atoms with Gasteiger partial charge in [0, 0.05) is 10.9 Å². The summed E-state index contributed by atoms with van der Waals surface area (Å²) in [6.07, 6.45) is 0.0430. The SMILES string of the molecule is COC(=O)c1cc(F)ccc1NC(=O)Cc1csc(-c2ccccc2)n1. The number of carbonyl (C=O) groups excluding carboxylic acids is 2. The molecule has 0 aliphatic rings. The van der Waals surface area contributed by atoms with Crippen molar-refractivity contribution in [2.24, 2.45) is 0 Å². The topological polar surface area (TPSA) is 68.3 Å². The Morgan fingerprint density at radius 3 is 2.69 bits per heavy atom. The van der Waals surface area contributed by atoms with Gasteiger partial charge in [-0.1, -0.05) is 30.3 Å². The van der Waals surface area contributed by atoms with E-state index in [1.807, 2.05) is 35.7 Å². The molecule has 1 aromatic heterocycles. The molecule has 7 heteroatoms. The van der Waals surface area contributed by atoms with Crippen LogP contribution in [-0.4, -0.2) is 24.0 Å². The fraction of sp³-hybridized carbons (Fsp3) is 0.105. The Kier molecular flexibility index (Phi) is 5.38. The highest BCUT2D eigenvalue weighted by Gasteiger charge is 2.16. The minimum atomic E-state index is -0.722. The molecule has 26 heavy (non-hydrogen) atoms. The summed E-state index contributed by atoms with van der Waals surface area (Å²) < 4.78 is 18.0. The van der Waals surface area contributed by atoms with E-state index in [0.717, 1.165) is 16.6 Å². The number of anilines is 1. The number of rotatable bonds is 5. The molecule has 1 N–H and O–H groups in total. The molecule has 0 fully saturated rings. The Balaban J connectivity index is 1.72. The van der Waals surface area contributed by atoms with Gasteiger partial charge >= 0.3 is 5.97 Å². The van der Waals surface area contributed by atoms with Crippen LogP contribution in [0.15, 0.2) is 53.9 Å². The van der Waals surface area contributed by atoms with E-state index in [-0.39, 0.29) is 23.6 Å². The molecule has 1 heterocycles. The average Bonchev–Trinajstić information content (AvgIpc) is 3.11. The number of methoxy groups -OCH3 is 1. The fourth-order valence-corrected chi connectivity index (χ4v) is 3.19. The Labute approximate surface area is 153 Å². The number of ether oxygens (including phenoxy) is 1. The number of carbonyl (C=O) groups is 2. The monoisotopic (exact) mass is 370 g/mol. The van der Waals surface area contributed by atoms with Crippen molar-refractivity contribution in [1.82, 2.24) is 4.98 Å². The van der Waals surface area contributed by atoms with Crippen molar-refractivity contribution in [3.05, 3.63) is 71.0 Å². The Bertz CT molecular complexity index is 941. The van der Waals surface area contributed by atoms with Crippen LogP contribution in [0.1, 0.15) is 16.1 Å². The van der Waals surface area contributed by atoms with E-state index in [1.54, 1.807) is 0 Å². The molecule has 0 unspecified atom stereocenters. The molecule has 3 aromatic rings. The van der Waals surface area contributed by atoms with E-state index in [2.05, 4.69) is 15.0 Å². The summed E-state index contributed by atoms with van der Waals surface area (Å²) in [5.74, 6) is -1.66. The highest BCUT2D eigenvalue weighted by molar-refractivity contribution is 7.13. The zero-order valence-electron chi connectivity index (χ0n) is 13.9. The first kappa shape index (κ1) is 17.8. The predicted molar refractivity (Wildman–Crippen MR) is 97.6 cm³/mol. The van der Waals surface area contributed by atoms with Crippen LogP contribution in [-0.2, 0) is 16.0 Å². The molecular weight excluding hydrogens is 355 g/mol. The van der Waals surface area contributed by atoms with Crippen molar-refractivity contribution >= 4 is 28.9 Å². The lowest BCUT2D eigenvalue weighted by atomic mass is 10.1. The van der Waals surface area contributed by atoms with Gasteiger partial charge < -0.3 is 10.1 Å². The number of benzene rings is 2. The number of esters is 1. The van der Waals surface area contributed by atoms with Gasteiger partial charge in [0.05, 0.1) is 30.5 Å². The largest absolute Gasteiger partial charge is 0.465 e. The van der Waals surface area contributed by atoms with Crippen molar-refractivity contribution in [2.75, 3.05) is 12.4 Å². The van der Waals surface area contributed by atoms with Gasteiger partial charge in [-0.3, -0.25) is 4.79 Å². The van der Waals surface area contributed by atoms with Gasteiger partial charge in [0.1, 0.15) is 10.8 Å². The quantitative estimate of drug-likeness (QED) is 0.691. The maximum Gasteiger partial charge on any atom is 0.340 e. The molecule has 0 saturated heterocycles. The number of aromatic nitrogens is 1. The van der Waals surface area contributed by atoms with Crippen LogP contribution in [0.25, 0.3) is 10.6 Å². The van der Waals surface area contributed by atoms with E-state index in [4.69, 9.17) is 0 Å². The molecule has 0 aliphatic heterocycles. The standard InChI is InChI=1S/C19H15FN2O3S/c1-25-19(24)15-9-13(20)7-8-16(15)22-17(23)10-14-11-26-18(21-14)12-5-3-2-4-6-12/h2-9,11H,10H2,1H3,(H,22,23). The predicted octanol–water partition coefficient (Wildman–Crippen LogP) is 3.92. The number of halogens is 1. The van der Waals surface area contributed by atoms with Gasteiger partial charge in [0.15, 0.2) is 0 Å². The average molecular weight is 370 g/mol. The van der Waals surface area contributed by atoms with Gasteiger partial charge in [-0.15, -0.1) is 11.3 Å². The minimum Gasteiger partial charge on any atom is -0.465 e. The molecule has 2 aromatic carbocycles. The van der Waals surface area contributed by atoms with E-state index < -0.39 is 11.8 Å². The number of thiazole rings is 1. The summed E-state index contributed by atoms with van der Waals surface area (Å²) in [6.45, 7) is 0. The first-order chi connectivity index (χ1) is 12.6. The second-order valence-electron chi connectivity index (χ2n) is 5.42. The molecule has 0 saturated carbocycles. The van der Waals surface area contributed by atoms with Crippen molar-refractivity contribution in [3.8, 4) is 10.6 Å². The number of nitrogens with one attached hydrogen (secondary N) is 1. The van der Waals surface area contributed by atoms with Crippen LogP contribution in [0, 0.1) is 5.82 Å². The van der Waals surface area contributed by atoms with Gasteiger partial charge in [-0.2, -0.15) is 0 Å². The second-order valence-corrected chi connectivity index (χ2v) is 6.27. The molecule has 0 bridgehead atoms. The van der Waals surface area contributed by atoms with Crippen molar-refractivity contribution in [2.45, 2.75) is 6.42 Å². The van der Waals surface area contributed by atoms with Crippen LogP contribution in [0.2, 0.25) is 0 Å². The Morgan fingerprint density at radius 2 is 1.96 bits per heavy atom. The van der Waals surface area contributed by atoms with Gasteiger partial charge in [-0.25, -0.2) is 14.2 Å². The van der Waals surface area contributed by atoms with Crippen molar-refractivity contribution in [3.63, 3.8) is 0 Å². The van der Waals surface area contributed by atoms with E-state index in [0.29, 0.717) is 5.69 Å². The third kappa shape index (κ3) is 4.12. The Morgan fingerprint density at radius 1 is 1.19 bits per heavy atom. The highest BCUT2D eigenvalue weighted by atomic mass is 32.1. The molecule has 3 rings (SSSR count). The molecule has 132 valence electrons. The summed E-state index contributed by atoms with van der Waals surface area (Å²) in [6, 6.07) is 13.2. The molecule has 5 nitrogen and oxygen atoms in total. The van der Waals surface area contributed by atoms with Gasteiger partial charge in [0.25, 0.3) is 0 Å². The molecule has 0 atom stereocenters. The number of hydrogen-bond acceptors (Lipinski definition) is 5. The van der Waals surface area contributed by atoms with E-state index >= 15 is 0 Å². The molecular formula is C19H15FN2O3S. The number of nitrogens with zero attached hydrogens (tertiary/aromatic N) is 1. The van der Waals surface area contributed by atoms with Gasteiger partial charge in [-0.05, 0) is 18.2 Å². The summed E-state index contributed by atoms with van der Waals surface area (Å²) in [5, 5.41) is 5.25. The van der Waals surface area contributed by atoms with E-state index in [1.165, 1.54) is 30.6 Å². The first-order valence-electron chi connectivity index (χ1n) is 7.74. The summed E-state index contributed by atoms with van der Waals surface area (Å²) in [4.78, 5) is 28.5. The third-order valence-electron chi connectivity index (χ3n) is 3.58. The third-order valence-corrected chi connectivity index (χ3v) is 4.52. The smallest absolute Gasteiger partial charge is 0.340 e.